The Morgan fingerprint density at radius 2 is 1.58 bits per heavy atom. The third-order valence-corrected chi connectivity index (χ3v) is 3.28. The van der Waals surface area contributed by atoms with Crippen LogP contribution < -0.4 is 21.7 Å². The van der Waals surface area contributed by atoms with Crippen molar-refractivity contribution >= 4 is 29.7 Å². The van der Waals surface area contributed by atoms with Gasteiger partial charge in [-0.2, -0.15) is 0 Å². The molecule has 0 saturated carbocycles. The highest BCUT2D eigenvalue weighted by Gasteiger charge is 2.24. The van der Waals surface area contributed by atoms with E-state index in [0.717, 1.165) is 0 Å². The van der Waals surface area contributed by atoms with Crippen LogP contribution >= 0.6 is 0 Å². The van der Waals surface area contributed by atoms with Gasteiger partial charge in [-0.1, -0.05) is 0 Å². The number of nitrogens with one attached hydrogen (secondary N) is 3. The Balaban J connectivity index is 4.42. The van der Waals surface area contributed by atoms with Crippen LogP contribution in [0.15, 0.2) is 0 Å². The number of nitrogens with two attached hydrogens (primary N) is 1. The van der Waals surface area contributed by atoms with Gasteiger partial charge in [-0.15, -0.1) is 0 Å². The second-order valence-corrected chi connectivity index (χ2v) is 5.61. The first kappa shape index (κ1) is 23.3. The zero-order chi connectivity index (χ0) is 20.4. The molecule has 0 aromatic heterocycles. The summed E-state index contributed by atoms with van der Waals surface area (Å²) >= 11 is 0. The Labute approximate surface area is 149 Å². The molecule has 0 spiro atoms. The van der Waals surface area contributed by atoms with Gasteiger partial charge in [0, 0.05) is 6.42 Å². The topological polar surface area (TPSA) is 208 Å². The van der Waals surface area contributed by atoms with E-state index in [4.69, 9.17) is 15.9 Å². The number of hydrogen-bond donors (Lipinski definition) is 7. The molecule has 0 bridgehead atoms. The molecule has 12 heteroatoms. The Bertz CT molecular complexity index is 551. The van der Waals surface area contributed by atoms with E-state index in [1.807, 2.05) is 0 Å². The summed E-state index contributed by atoms with van der Waals surface area (Å²) in [6.45, 7) is 2.06. The number of carbonyl (C=O) groups is 5. The Morgan fingerprint density at radius 3 is 2.04 bits per heavy atom. The zero-order valence-electron chi connectivity index (χ0n) is 14.4. The Morgan fingerprint density at radius 1 is 1.00 bits per heavy atom. The van der Waals surface area contributed by atoms with Crippen LogP contribution in [0.3, 0.4) is 0 Å². The highest BCUT2D eigenvalue weighted by Crippen LogP contribution is 1.98. The molecule has 0 aliphatic carbocycles. The number of rotatable bonds is 11. The lowest BCUT2D eigenvalue weighted by atomic mass is 10.1. The molecule has 8 N–H and O–H groups in total. The van der Waals surface area contributed by atoms with Gasteiger partial charge in [0.2, 0.25) is 17.7 Å². The molecule has 0 rings (SSSR count). The van der Waals surface area contributed by atoms with Crippen molar-refractivity contribution in [1.82, 2.24) is 16.0 Å². The molecule has 0 aliphatic rings. The zero-order valence-corrected chi connectivity index (χ0v) is 14.4. The van der Waals surface area contributed by atoms with E-state index in [1.165, 1.54) is 13.8 Å². The van der Waals surface area contributed by atoms with Crippen LogP contribution in [-0.2, 0) is 24.0 Å². The Hall–Kier alpha value is -2.73. The third-order valence-electron chi connectivity index (χ3n) is 3.28. The number of carbonyl (C=O) groups excluding carboxylic acids is 3. The monoisotopic (exact) mass is 376 g/mol. The maximum absolute atomic E-state index is 11.8. The molecule has 4 unspecified atom stereocenters. The fourth-order valence-corrected chi connectivity index (χ4v) is 1.69. The molecule has 0 heterocycles. The van der Waals surface area contributed by atoms with E-state index in [1.54, 1.807) is 0 Å². The molecule has 12 nitrogen and oxygen atoms in total. The summed E-state index contributed by atoms with van der Waals surface area (Å²) < 4.78 is 0. The smallest absolute Gasteiger partial charge is 0.326 e. The van der Waals surface area contributed by atoms with Crippen LogP contribution in [0.5, 0.6) is 0 Å². The van der Waals surface area contributed by atoms with Crippen molar-refractivity contribution in [3.63, 3.8) is 0 Å². The van der Waals surface area contributed by atoms with Crippen LogP contribution in [0, 0.1) is 0 Å². The van der Waals surface area contributed by atoms with Gasteiger partial charge in [-0.25, -0.2) is 4.79 Å². The summed E-state index contributed by atoms with van der Waals surface area (Å²) in [5.74, 6) is -4.94. The maximum Gasteiger partial charge on any atom is 0.326 e. The highest BCUT2D eigenvalue weighted by molar-refractivity contribution is 5.92. The fourth-order valence-electron chi connectivity index (χ4n) is 1.69. The van der Waals surface area contributed by atoms with Crippen LogP contribution in [0.1, 0.15) is 26.7 Å². The highest BCUT2D eigenvalue weighted by atomic mass is 16.4. The molecule has 4 atom stereocenters. The summed E-state index contributed by atoms with van der Waals surface area (Å²) in [7, 11) is 0. The van der Waals surface area contributed by atoms with Crippen molar-refractivity contribution in [3.8, 4) is 0 Å². The quantitative estimate of drug-likeness (QED) is 0.193. The largest absolute Gasteiger partial charge is 0.481 e. The minimum atomic E-state index is -1.41. The van der Waals surface area contributed by atoms with Crippen molar-refractivity contribution in [2.75, 3.05) is 6.54 Å². The van der Waals surface area contributed by atoms with Gasteiger partial charge >= 0.3 is 11.9 Å². The number of hydrogen-bond acceptors (Lipinski definition) is 7. The summed E-state index contributed by atoms with van der Waals surface area (Å²) in [6.07, 6.45) is -1.88. The average molecular weight is 376 g/mol. The molecular weight excluding hydrogens is 352 g/mol. The first-order valence-electron chi connectivity index (χ1n) is 7.71. The average Bonchev–Trinajstić information content (AvgIpc) is 2.54. The molecule has 0 radical (unpaired) electrons. The molecule has 0 aromatic rings. The molecule has 3 amide bonds. The summed E-state index contributed by atoms with van der Waals surface area (Å²) in [6, 6.07) is -3.68. The maximum atomic E-state index is 11.8. The summed E-state index contributed by atoms with van der Waals surface area (Å²) in [5.41, 5.74) is 5.41. The van der Waals surface area contributed by atoms with Crippen molar-refractivity contribution in [3.05, 3.63) is 0 Å². The van der Waals surface area contributed by atoms with Crippen LogP contribution in [0.25, 0.3) is 0 Å². The van der Waals surface area contributed by atoms with Gasteiger partial charge in [-0.05, 0) is 20.3 Å². The molecule has 0 aromatic carbocycles. The summed E-state index contributed by atoms with van der Waals surface area (Å²) in [4.78, 5) is 56.5. The first-order chi connectivity index (χ1) is 12.0. The second-order valence-electron chi connectivity index (χ2n) is 5.61. The van der Waals surface area contributed by atoms with E-state index >= 15 is 0 Å². The normalized spacial score (nSPS) is 15.1. The van der Waals surface area contributed by atoms with Crippen molar-refractivity contribution in [2.45, 2.75) is 50.9 Å². The van der Waals surface area contributed by atoms with Crippen LogP contribution in [-0.4, -0.2) is 75.8 Å². The minimum absolute atomic E-state index is 0.311. The molecule has 26 heavy (non-hydrogen) atoms. The lowest BCUT2D eigenvalue weighted by Crippen LogP contribution is -2.54. The van der Waals surface area contributed by atoms with Crippen molar-refractivity contribution < 1.29 is 39.3 Å². The van der Waals surface area contributed by atoms with Crippen molar-refractivity contribution in [2.24, 2.45) is 5.73 Å². The molecule has 148 valence electrons. The molecular formula is C14H24N4O8. The van der Waals surface area contributed by atoms with Gasteiger partial charge < -0.3 is 37.0 Å². The number of aliphatic hydroxyl groups excluding tert-OH is 1. The fraction of sp³-hybridized carbons (Fsp3) is 0.643. The standard InChI is InChI=1S/C14H24N4O8/c1-6(17-13(24)11(15)7(2)19)12(23)16-5-9(20)18-8(14(25)26)3-4-10(21)22/h6-8,11,19H,3-5,15H2,1-2H3,(H,16,23)(H,17,24)(H,18,20)(H,21,22)(H,25,26). The van der Waals surface area contributed by atoms with Gasteiger partial charge in [0.1, 0.15) is 18.1 Å². The van der Waals surface area contributed by atoms with Crippen LogP contribution in [0.2, 0.25) is 0 Å². The number of carboxylic acid groups (broad SMARTS) is 2. The predicted octanol–water partition coefficient (Wildman–Crippen LogP) is -3.25. The van der Waals surface area contributed by atoms with Gasteiger partial charge in [0.15, 0.2) is 0 Å². The van der Waals surface area contributed by atoms with E-state index in [9.17, 15) is 29.1 Å². The number of aliphatic hydroxyl groups is 1. The Kier molecular flexibility index (Phi) is 9.84. The van der Waals surface area contributed by atoms with Gasteiger partial charge in [-0.3, -0.25) is 19.2 Å². The van der Waals surface area contributed by atoms with Gasteiger partial charge in [0.05, 0.1) is 12.6 Å². The van der Waals surface area contributed by atoms with Crippen LogP contribution in [0.4, 0.5) is 0 Å². The molecule has 0 fully saturated rings. The lowest BCUT2D eigenvalue weighted by molar-refractivity contribution is -0.143. The third kappa shape index (κ3) is 8.94. The summed E-state index contributed by atoms with van der Waals surface area (Å²) in [5, 5.41) is 33.2. The van der Waals surface area contributed by atoms with E-state index < -0.39 is 66.9 Å². The first-order valence-corrected chi connectivity index (χ1v) is 7.71. The number of aliphatic carboxylic acids is 2. The van der Waals surface area contributed by atoms with Crippen molar-refractivity contribution in [1.29, 1.82) is 0 Å². The molecule has 0 aliphatic heterocycles. The second kappa shape index (κ2) is 11.0. The van der Waals surface area contributed by atoms with E-state index in [0.29, 0.717) is 0 Å². The van der Waals surface area contributed by atoms with E-state index in [-0.39, 0.29) is 6.42 Å². The van der Waals surface area contributed by atoms with E-state index in [2.05, 4.69) is 16.0 Å². The molecule has 0 saturated heterocycles. The number of carboxylic acids is 2. The SMILES string of the molecule is CC(NC(=O)C(N)C(C)O)C(=O)NCC(=O)NC(CCC(=O)O)C(=O)O. The minimum Gasteiger partial charge on any atom is -0.481 e. The lowest BCUT2D eigenvalue weighted by Gasteiger charge is -2.19. The predicted molar refractivity (Wildman–Crippen MR) is 86.7 cm³/mol. The number of amides is 3. The van der Waals surface area contributed by atoms with Gasteiger partial charge in [0.25, 0.3) is 0 Å².